The molecule has 0 saturated heterocycles. The van der Waals surface area contributed by atoms with Crippen LogP contribution < -0.4 is 0 Å². The fourth-order valence-electron chi connectivity index (χ4n) is 3.31. The zero-order chi connectivity index (χ0) is 17.9. The lowest BCUT2D eigenvalue weighted by atomic mass is 9.83. The SMILES string of the molecule is CC(C)=CCCC1=CCC(C=O)CC1.CC1=CC(C)C(C=O)CC1. The largest absolute Gasteiger partial charge is 0.303 e. The second kappa shape index (κ2) is 11.2. The Kier molecular flexibility index (Phi) is 9.59. The summed E-state index contributed by atoms with van der Waals surface area (Å²) in [7, 11) is 0. The van der Waals surface area contributed by atoms with Crippen molar-refractivity contribution in [2.45, 2.75) is 72.6 Å². The highest BCUT2D eigenvalue weighted by Gasteiger charge is 2.18. The van der Waals surface area contributed by atoms with Crippen molar-refractivity contribution in [3.05, 3.63) is 34.9 Å². The van der Waals surface area contributed by atoms with Crippen LogP contribution in [0.1, 0.15) is 72.6 Å². The molecule has 0 aromatic rings. The number of rotatable bonds is 5. The third-order valence-corrected chi connectivity index (χ3v) is 5.03. The van der Waals surface area contributed by atoms with Gasteiger partial charge in [0.05, 0.1) is 0 Å². The fourth-order valence-corrected chi connectivity index (χ4v) is 3.31. The highest BCUT2D eigenvalue weighted by molar-refractivity contribution is 5.55. The van der Waals surface area contributed by atoms with Crippen LogP contribution in [0, 0.1) is 17.8 Å². The Morgan fingerprint density at radius 1 is 1.17 bits per heavy atom. The van der Waals surface area contributed by atoms with E-state index in [4.69, 9.17) is 0 Å². The maximum atomic E-state index is 10.5. The molecule has 24 heavy (non-hydrogen) atoms. The molecule has 2 rings (SSSR count). The lowest BCUT2D eigenvalue weighted by Crippen LogP contribution is -2.15. The molecule has 2 aliphatic rings. The molecule has 0 bridgehead atoms. The van der Waals surface area contributed by atoms with Crippen LogP contribution in [-0.4, -0.2) is 12.6 Å². The van der Waals surface area contributed by atoms with E-state index in [-0.39, 0.29) is 5.92 Å². The predicted molar refractivity (Wildman–Crippen MR) is 102 cm³/mol. The van der Waals surface area contributed by atoms with Crippen molar-refractivity contribution in [2.24, 2.45) is 17.8 Å². The van der Waals surface area contributed by atoms with Crippen LogP contribution in [-0.2, 0) is 9.59 Å². The van der Waals surface area contributed by atoms with Crippen molar-refractivity contribution < 1.29 is 9.59 Å². The van der Waals surface area contributed by atoms with E-state index >= 15 is 0 Å². The fraction of sp³-hybridized carbons (Fsp3) is 0.636. The van der Waals surface area contributed by atoms with E-state index in [0.717, 1.165) is 51.1 Å². The number of carbonyl (C=O) groups is 2. The van der Waals surface area contributed by atoms with Gasteiger partial charge in [0.1, 0.15) is 12.6 Å². The standard InChI is InChI=1S/C13H20O.C9H14O/c1-11(2)4-3-5-12-6-8-13(10-14)9-7-12;1-7-3-4-9(6-10)8(2)5-7/h4,6,10,13H,3,5,7-9H2,1-2H3;5-6,8-9H,3-4H2,1-2H3. The first-order chi connectivity index (χ1) is 11.5. The molecule has 0 radical (unpaired) electrons. The Bertz CT molecular complexity index is 492. The first kappa shape index (κ1) is 20.6. The van der Waals surface area contributed by atoms with Crippen LogP contribution in [0.5, 0.6) is 0 Å². The number of carbonyl (C=O) groups excluding carboxylic acids is 2. The summed E-state index contributed by atoms with van der Waals surface area (Å²) in [6, 6.07) is 0. The average molecular weight is 331 g/mol. The number of allylic oxidation sites excluding steroid dienone is 6. The molecule has 134 valence electrons. The third-order valence-electron chi connectivity index (χ3n) is 5.03. The molecule has 0 amide bonds. The van der Waals surface area contributed by atoms with Crippen LogP contribution in [0.2, 0.25) is 0 Å². The van der Waals surface area contributed by atoms with Gasteiger partial charge in [-0.1, -0.05) is 41.9 Å². The van der Waals surface area contributed by atoms with Crippen LogP contribution in [0.15, 0.2) is 34.9 Å². The van der Waals surface area contributed by atoms with E-state index in [1.165, 1.54) is 17.6 Å². The van der Waals surface area contributed by atoms with Gasteiger partial charge in [-0.3, -0.25) is 0 Å². The molecular formula is C22H34O2. The molecular weight excluding hydrogens is 296 g/mol. The molecule has 2 heteroatoms. The summed E-state index contributed by atoms with van der Waals surface area (Å²) >= 11 is 0. The van der Waals surface area contributed by atoms with Gasteiger partial charge in [-0.05, 0) is 71.6 Å². The summed E-state index contributed by atoms with van der Waals surface area (Å²) < 4.78 is 0. The van der Waals surface area contributed by atoms with E-state index < -0.39 is 0 Å². The summed E-state index contributed by atoms with van der Waals surface area (Å²) in [5.74, 6) is 1.04. The molecule has 0 saturated carbocycles. The Morgan fingerprint density at radius 2 is 1.92 bits per heavy atom. The molecule has 0 aromatic carbocycles. The van der Waals surface area contributed by atoms with Crippen molar-refractivity contribution in [3.63, 3.8) is 0 Å². The summed E-state index contributed by atoms with van der Waals surface area (Å²) in [5.41, 5.74) is 4.37. The van der Waals surface area contributed by atoms with Crippen molar-refractivity contribution in [1.29, 1.82) is 0 Å². The van der Waals surface area contributed by atoms with E-state index in [9.17, 15) is 9.59 Å². The minimum Gasteiger partial charge on any atom is -0.303 e. The maximum absolute atomic E-state index is 10.5. The topological polar surface area (TPSA) is 34.1 Å². The normalized spacial score (nSPS) is 26.2. The van der Waals surface area contributed by atoms with Crippen molar-refractivity contribution in [1.82, 2.24) is 0 Å². The molecule has 0 aromatic heterocycles. The summed E-state index contributed by atoms with van der Waals surface area (Å²) in [6.45, 7) is 8.52. The van der Waals surface area contributed by atoms with Crippen molar-refractivity contribution >= 4 is 12.6 Å². The first-order valence-electron chi connectivity index (χ1n) is 9.35. The highest BCUT2D eigenvalue weighted by atomic mass is 16.1. The Hall–Kier alpha value is -1.44. The van der Waals surface area contributed by atoms with Crippen LogP contribution in [0.4, 0.5) is 0 Å². The van der Waals surface area contributed by atoms with Crippen LogP contribution in [0.25, 0.3) is 0 Å². The van der Waals surface area contributed by atoms with Gasteiger partial charge < -0.3 is 9.59 Å². The Morgan fingerprint density at radius 3 is 2.42 bits per heavy atom. The Balaban J connectivity index is 0.000000254. The minimum atomic E-state index is 0.281. The second-order valence-electron chi connectivity index (χ2n) is 7.56. The van der Waals surface area contributed by atoms with Crippen LogP contribution in [0.3, 0.4) is 0 Å². The zero-order valence-electron chi connectivity index (χ0n) is 15.9. The molecule has 0 spiro atoms. The molecule has 0 heterocycles. The molecule has 0 N–H and O–H groups in total. The molecule has 2 nitrogen and oxygen atoms in total. The molecule has 3 atom stereocenters. The lowest BCUT2D eigenvalue weighted by Gasteiger charge is -2.21. The van der Waals surface area contributed by atoms with Gasteiger partial charge in [0.15, 0.2) is 0 Å². The van der Waals surface area contributed by atoms with Gasteiger partial charge in [0, 0.05) is 11.8 Å². The number of hydrogen-bond acceptors (Lipinski definition) is 2. The van der Waals surface area contributed by atoms with Gasteiger partial charge in [-0.25, -0.2) is 0 Å². The smallest absolute Gasteiger partial charge is 0.123 e. The van der Waals surface area contributed by atoms with Gasteiger partial charge in [-0.15, -0.1) is 0 Å². The minimum absolute atomic E-state index is 0.281. The van der Waals surface area contributed by atoms with Gasteiger partial charge in [0.25, 0.3) is 0 Å². The van der Waals surface area contributed by atoms with E-state index in [1.807, 2.05) is 0 Å². The molecule has 0 aliphatic heterocycles. The van der Waals surface area contributed by atoms with Gasteiger partial charge >= 0.3 is 0 Å². The van der Waals surface area contributed by atoms with E-state index in [0.29, 0.717) is 11.8 Å². The average Bonchev–Trinajstić information content (AvgIpc) is 2.56. The Labute approximate surface area is 148 Å². The number of aldehydes is 2. The van der Waals surface area contributed by atoms with Gasteiger partial charge in [0.2, 0.25) is 0 Å². The van der Waals surface area contributed by atoms with Crippen molar-refractivity contribution in [3.8, 4) is 0 Å². The molecule has 3 unspecified atom stereocenters. The quantitative estimate of drug-likeness (QED) is 0.469. The zero-order valence-corrected chi connectivity index (χ0v) is 15.9. The highest BCUT2D eigenvalue weighted by Crippen LogP contribution is 2.26. The van der Waals surface area contributed by atoms with E-state index in [2.05, 4.69) is 45.9 Å². The first-order valence-corrected chi connectivity index (χ1v) is 9.35. The molecule has 2 aliphatic carbocycles. The summed E-state index contributed by atoms with van der Waals surface area (Å²) in [4.78, 5) is 21.0. The predicted octanol–water partition coefficient (Wildman–Crippen LogP) is 5.84. The van der Waals surface area contributed by atoms with E-state index in [1.54, 1.807) is 5.57 Å². The third kappa shape index (κ3) is 7.90. The monoisotopic (exact) mass is 330 g/mol. The summed E-state index contributed by atoms with van der Waals surface area (Å²) in [5, 5.41) is 0. The lowest BCUT2D eigenvalue weighted by molar-refractivity contribution is -0.112. The van der Waals surface area contributed by atoms with Crippen molar-refractivity contribution in [2.75, 3.05) is 0 Å². The second-order valence-corrected chi connectivity index (χ2v) is 7.56. The van der Waals surface area contributed by atoms with Gasteiger partial charge in [-0.2, -0.15) is 0 Å². The van der Waals surface area contributed by atoms with Crippen LogP contribution >= 0.6 is 0 Å². The number of hydrogen-bond donors (Lipinski definition) is 0. The maximum Gasteiger partial charge on any atom is 0.123 e. The summed E-state index contributed by atoms with van der Waals surface area (Å²) in [6.07, 6.45) is 16.6. The molecule has 0 fully saturated rings.